The van der Waals surface area contributed by atoms with E-state index in [2.05, 4.69) is 0 Å². The van der Waals surface area contributed by atoms with Crippen molar-refractivity contribution in [2.45, 2.75) is 13.1 Å². The number of nitrogens with zero attached hydrogens (tertiary/aromatic N) is 3. The molecule has 0 aliphatic carbocycles. The van der Waals surface area contributed by atoms with Gasteiger partial charge in [-0.2, -0.15) is 0 Å². The van der Waals surface area contributed by atoms with Gasteiger partial charge in [-0.25, -0.2) is 9.07 Å². The first-order chi connectivity index (χ1) is 10.9. The number of hydrogen-bond acceptors (Lipinski definition) is 5. The summed E-state index contributed by atoms with van der Waals surface area (Å²) in [5.41, 5.74) is -1.77. The minimum atomic E-state index is -0.968. The molecular weight excluding hydrogens is 333 g/mol. The average Bonchev–Trinajstić information content (AvgIpc) is 2.68. The SMILES string of the molecule is O=c1c(-c2cc([N+](=O)[O-])c(O)cc2F)c(Cl)n2n1CCOCC2. The summed E-state index contributed by atoms with van der Waals surface area (Å²) in [6, 6.07) is 1.41. The van der Waals surface area contributed by atoms with Crippen molar-refractivity contribution in [3.8, 4) is 16.9 Å². The quantitative estimate of drug-likeness (QED) is 0.661. The summed E-state index contributed by atoms with van der Waals surface area (Å²) in [5.74, 6) is -1.79. The smallest absolute Gasteiger partial charge is 0.311 e. The van der Waals surface area contributed by atoms with Crippen LogP contribution in [0.3, 0.4) is 0 Å². The number of benzene rings is 1. The Morgan fingerprint density at radius 2 is 1.96 bits per heavy atom. The van der Waals surface area contributed by atoms with Gasteiger partial charge in [-0.3, -0.25) is 19.6 Å². The van der Waals surface area contributed by atoms with Gasteiger partial charge in [0.15, 0.2) is 5.75 Å². The van der Waals surface area contributed by atoms with Crippen LogP contribution in [0.5, 0.6) is 5.75 Å². The van der Waals surface area contributed by atoms with Crippen molar-refractivity contribution in [1.29, 1.82) is 0 Å². The van der Waals surface area contributed by atoms with Crippen LogP contribution in [-0.4, -0.2) is 32.6 Å². The highest BCUT2D eigenvalue weighted by Crippen LogP contribution is 2.35. The van der Waals surface area contributed by atoms with Gasteiger partial charge in [-0.1, -0.05) is 11.6 Å². The monoisotopic (exact) mass is 343 g/mol. The summed E-state index contributed by atoms with van der Waals surface area (Å²) in [6.07, 6.45) is 0. The number of halogens is 2. The molecule has 2 heterocycles. The van der Waals surface area contributed by atoms with Gasteiger partial charge in [-0.05, 0) is 0 Å². The fourth-order valence-corrected chi connectivity index (χ4v) is 2.88. The molecule has 8 nitrogen and oxygen atoms in total. The van der Waals surface area contributed by atoms with Crippen molar-refractivity contribution in [2.75, 3.05) is 13.2 Å². The molecule has 0 saturated carbocycles. The number of hydrogen-bond donors (Lipinski definition) is 1. The maximum atomic E-state index is 14.2. The minimum absolute atomic E-state index is 0.0283. The molecule has 1 aliphatic heterocycles. The van der Waals surface area contributed by atoms with E-state index in [1.807, 2.05) is 0 Å². The van der Waals surface area contributed by atoms with Crippen LogP contribution in [0.15, 0.2) is 16.9 Å². The Morgan fingerprint density at radius 1 is 1.30 bits per heavy atom. The highest BCUT2D eigenvalue weighted by molar-refractivity contribution is 6.32. The molecule has 0 amide bonds. The Morgan fingerprint density at radius 3 is 2.61 bits per heavy atom. The molecule has 0 bridgehead atoms. The number of rotatable bonds is 2. The van der Waals surface area contributed by atoms with Crippen LogP contribution in [0.1, 0.15) is 0 Å². The third-order valence-electron chi connectivity index (χ3n) is 3.60. The number of phenols is 1. The fraction of sp³-hybridized carbons (Fsp3) is 0.308. The number of aromatic nitrogens is 2. The molecule has 1 aromatic carbocycles. The van der Waals surface area contributed by atoms with Crippen molar-refractivity contribution in [3.63, 3.8) is 0 Å². The van der Waals surface area contributed by atoms with Gasteiger partial charge in [0, 0.05) is 17.7 Å². The lowest BCUT2D eigenvalue weighted by Gasteiger charge is -2.06. The molecule has 1 aromatic heterocycles. The normalized spacial score (nSPS) is 14.3. The predicted molar refractivity (Wildman–Crippen MR) is 78.2 cm³/mol. The first kappa shape index (κ1) is 15.5. The number of nitro groups is 1. The molecule has 0 atom stereocenters. The van der Waals surface area contributed by atoms with Gasteiger partial charge in [0.05, 0.1) is 36.8 Å². The topological polar surface area (TPSA) is 99.5 Å². The zero-order valence-electron chi connectivity index (χ0n) is 11.7. The van der Waals surface area contributed by atoms with E-state index < -0.39 is 27.7 Å². The summed E-state index contributed by atoms with van der Waals surface area (Å²) in [7, 11) is 0. The molecule has 122 valence electrons. The highest BCUT2D eigenvalue weighted by Gasteiger charge is 2.26. The molecule has 3 rings (SSSR count). The van der Waals surface area contributed by atoms with E-state index in [0.717, 1.165) is 6.07 Å². The molecule has 0 unspecified atom stereocenters. The van der Waals surface area contributed by atoms with Crippen molar-refractivity contribution < 1.29 is 19.2 Å². The minimum Gasteiger partial charge on any atom is -0.502 e. The Bertz CT molecular complexity index is 860. The van der Waals surface area contributed by atoms with Crippen LogP contribution < -0.4 is 5.56 Å². The lowest BCUT2D eigenvalue weighted by molar-refractivity contribution is -0.385. The van der Waals surface area contributed by atoms with Gasteiger partial charge in [0.2, 0.25) is 0 Å². The number of aromatic hydroxyl groups is 1. The van der Waals surface area contributed by atoms with Gasteiger partial charge >= 0.3 is 5.69 Å². The summed E-state index contributed by atoms with van der Waals surface area (Å²) >= 11 is 6.19. The molecule has 1 aliphatic rings. The van der Waals surface area contributed by atoms with Gasteiger partial charge in [-0.15, -0.1) is 0 Å². The Labute approximate surface area is 133 Å². The van der Waals surface area contributed by atoms with Crippen molar-refractivity contribution in [2.24, 2.45) is 0 Å². The molecular formula is C13H11ClFN3O5. The van der Waals surface area contributed by atoms with Crippen LogP contribution in [0.2, 0.25) is 5.15 Å². The van der Waals surface area contributed by atoms with E-state index in [9.17, 15) is 24.4 Å². The summed E-state index contributed by atoms with van der Waals surface area (Å²) in [4.78, 5) is 22.6. The number of fused-ring (bicyclic) bond motifs is 1. The first-order valence-electron chi connectivity index (χ1n) is 6.66. The number of nitro benzene ring substituents is 1. The lowest BCUT2D eigenvalue weighted by Crippen LogP contribution is -2.23. The lowest BCUT2D eigenvalue weighted by atomic mass is 10.1. The van der Waals surface area contributed by atoms with Gasteiger partial charge in [0.25, 0.3) is 5.56 Å². The zero-order chi connectivity index (χ0) is 16.7. The predicted octanol–water partition coefficient (Wildman–Crippen LogP) is 1.75. The average molecular weight is 344 g/mol. The van der Waals surface area contributed by atoms with E-state index in [1.54, 1.807) is 0 Å². The Hall–Kier alpha value is -2.39. The molecule has 0 spiro atoms. The Kier molecular flexibility index (Phi) is 3.82. The largest absolute Gasteiger partial charge is 0.502 e. The molecule has 0 saturated heterocycles. The number of phenolic OH excluding ortho intramolecular Hbond substituents is 1. The van der Waals surface area contributed by atoms with Crippen molar-refractivity contribution in [3.05, 3.63) is 43.6 Å². The molecule has 2 aromatic rings. The van der Waals surface area contributed by atoms with Crippen LogP contribution in [-0.2, 0) is 17.8 Å². The molecule has 23 heavy (non-hydrogen) atoms. The summed E-state index contributed by atoms with van der Waals surface area (Å²) in [5, 5.41) is 20.3. The van der Waals surface area contributed by atoms with Crippen LogP contribution in [0.4, 0.5) is 10.1 Å². The Balaban J connectivity index is 2.26. The van der Waals surface area contributed by atoms with Crippen LogP contribution >= 0.6 is 11.6 Å². The first-order valence-corrected chi connectivity index (χ1v) is 7.03. The molecule has 10 heteroatoms. The van der Waals surface area contributed by atoms with Gasteiger partial charge < -0.3 is 9.84 Å². The second-order valence-electron chi connectivity index (χ2n) is 4.91. The number of ether oxygens (including phenoxy) is 1. The van der Waals surface area contributed by atoms with Crippen molar-refractivity contribution in [1.82, 2.24) is 9.36 Å². The highest BCUT2D eigenvalue weighted by atomic mass is 35.5. The zero-order valence-corrected chi connectivity index (χ0v) is 12.4. The van der Waals surface area contributed by atoms with E-state index in [-0.39, 0.29) is 22.8 Å². The van der Waals surface area contributed by atoms with Crippen LogP contribution in [0, 0.1) is 15.9 Å². The van der Waals surface area contributed by atoms with E-state index in [0.29, 0.717) is 25.8 Å². The van der Waals surface area contributed by atoms with E-state index in [1.165, 1.54) is 9.36 Å². The van der Waals surface area contributed by atoms with Crippen molar-refractivity contribution >= 4 is 17.3 Å². The second-order valence-corrected chi connectivity index (χ2v) is 5.27. The third-order valence-corrected chi connectivity index (χ3v) is 3.98. The van der Waals surface area contributed by atoms with Gasteiger partial charge in [0.1, 0.15) is 11.0 Å². The fourth-order valence-electron chi connectivity index (χ4n) is 2.52. The molecule has 0 radical (unpaired) electrons. The van der Waals surface area contributed by atoms with E-state index >= 15 is 0 Å². The van der Waals surface area contributed by atoms with Crippen LogP contribution in [0.25, 0.3) is 11.1 Å². The van der Waals surface area contributed by atoms with E-state index in [4.69, 9.17) is 16.3 Å². The summed E-state index contributed by atoms with van der Waals surface area (Å²) in [6.45, 7) is 1.18. The maximum absolute atomic E-state index is 14.2. The summed E-state index contributed by atoms with van der Waals surface area (Å²) < 4.78 is 22.2. The molecule has 1 N–H and O–H groups in total. The molecule has 0 fully saturated rings. The second kappa shape index (κ2) is 5.67. The third kappa shape index (κ3) is 2.47. The standard InChI is InChI=1S/C13H11ClFN3O5/c14-12-11(13(20)17-2-4-23-3-1-16(12)17)7-5-9(18(21)22)10(19)6-8(7)15/h5-6,19H,1-4H2. The maximum Gasteiger partial charge on any atom is 0.311 e.